The van der Waals surface area contributed by atoms with E-state index in [1.807, 2.05) is 52.0 Å². The highest BCUT2D eigenvalue weighted by molar-refractivity contribution is 7.92. The summed E-state index contributed by atoms with van der Waals surface area (Å²) in [5.41, 5.74) is 2.52. The monoisotopic (exact) mass is 418 g/mol. The van der Waals surface area contributed by atoms with Crippen LogP contribution < -0.4 is 14.4 Å². The fourth-order valence-electron chi connectivity index (χ4n) is 2.97. The number of aryl methyl sites for hydroxylation is 1. The Morgan fingerprint density at radius 1 is 1.14 bits per heavy atom. The molecule has 0 aliphatic carbocycles. The highest BCUT2D eigenvalue weighted by Crippen LogP contribution is 2.24. The van der Waals surface area contributed by atoms with E-state index in [9.17, 15) is 13.2 Å². The zero-order valence-corrected chi connectivity index (χ0v) is 18.5. The molecular weight excluding hydrogens is 388 g/mol. The number of hydrogen-bond acceptors (Lipinski definition) is 4. The molecule has 0 saturated heterocycles. The minimum absolute atomic E-state index is 0.0416. The summed E-state index contributed by atoms with van der Waals surface area (Å²) in [6.07, 6.45) is 1.75. The Morgan fingerprint density at radius 3 is 2.34 bits per heavy atom. The van der Waals surface area contributed by atoms with Gasteiger partial charge in [0, 0.05) is 6.07 Å². The van der Waals surface area contributed by atoms with Gasteiger partial charge in [-0.15, -0.1) is 0 Å². The molecule has 0 fully saturated rings. The summed E-state index contributed by atoms with van der Waals surface area (Å²) in [4.78, 5) is 12.7. The third-order valence-electron chi connectivity index (χ3n) is 4.39. The third kappa shape index (κ3) is 6.78. The van der Waals surface area contributed by atoms with E-state index < -0.39 is 10.0 Å². The predicted molar refractivity (Wildman–Crippen MR) is 117 cm³/mol. The van der Waals surface area contributed by atoms with E-state index in [0.717, 1.165) is 21.7 Å². The number of carbonyl (C=O) groups excluding carboxylic acids is 1. The molecule has 0 saturated carbocycles. The van der Waals surface area contributed by atoms with E-state index >= 15 is 0 Å². The van der Waals surface area contributed by atoms with Crippen LogP contribution in [0.1, 0.15) is 44.4 Å². The van der Waals surface area contributed by atoms with E-state index in [0.29, 0.717) is 17.9 Å². The van der Waals surface area contributed by atoms with Crippen LogP contribution in [0.3, 0.4) is 0 Å². The summed E-state index contributed by atoms with van der Waals surface area (Å²) in [6, 6.07) is 14.5. The Hall–Kier alpha value is -2.54. The standard InChI is InChI=1S/C22H30N2O4S/c1-6-21(18-12-10-17(4)11-13-18)23-22(25)15-24(29(5,26)27)19-8-7-9-20(14-19)28-16(2)3/h7-14,16,21H,6,15H2,1-5H3,(H,23,25)/t21-/m1/s1. The number of ether oxygens (including phenoxy) is 1. The van der Waals surface area contributed by atoms with Crippen LogP contribution in [0.2, 0.25) is 0 Å². The second kappa shape index (κ2) is 9.78. The molecule has 0 aliphatic rings. The largest absolute Gasteiger partial charge is 0.491 e. The van der Waals surface area contributed by atoms with Gasteiger partial charge in [-0.3, -0.25) is 9.10 Å². The normalized spacial score (nSPS) is 12.5. The lowest BCUT2D eigenvalue weighted by atomic mass is 10.0. The minimum atomic E-state index is -3.65. The molecule has 29 heavy (non-hydrogen) atoms. The molecular formula is C22H30N2O4S. The van der Waals surface area contributed by atoms with E-state index in [-0.39, 0.29) is 24.6 Å². The minimum Gasteiger partial charge on any atom is -0.491 e. The Labute approximate surface area is 173 Å². The molecule has 6 nitrogen and oxygen atoms in total. The highest BCUT2D eigenvalue weighted by Gasteiger charge is 2.23. The van der Waals surface area contributed by atoms with E-state index in [1.54, 1.807) is 24.3 Å². The van der Waals surface area contributed by atoms with E-state index in [4.69, 9.17) is 4.74 Å². The number of sulfonamides is 1. The fourth-order valence-corrected chi connectivity index (χ4v) is 3.82. The van der Waals surface area contributed by atoms with Crippen molar-refractivity contribution < 1.29 is 17.9 Å². The SMILES string of the molecule is CC[C@@H](NC(=O)CN(c1cccc(OC(C)C)c1)S(C)(=O)=O)c1ccc(C)cc1. The Kier molecular flexibility index (Phi) is 7.67. The van der Waals surface area contributed by atoms with Gasteiger partial charge < -0.3 is 10.1 Å². The molecule has 0 aromatic heterocycles. The van der Waals surface area contributed by atoms with Gasteiger partial charge in [-0.2, -0.15) is 0 Å². The lowest BCUT2D eigenvalue weighted by Crippen LogP contribution is -2.41. The second-order valence-corrected chi connectivity index (χ2v) is 9.28. The maximum Gasteiger partial charge on any atom is 0.241 e. The number of nitrogens with zero attached hydrogens (tertiary/aromatic N) is 1. The molecule has 7 heteroatoms. The first-order valence-electron chi connectivity index (χ1n) is 9.70. The van der Waals surface area contributed by atoms with Crippen LogP contribution in [-0.4, -0.2) is 33.2 Å². The molecule has 0 unspecified atom stereocenters. The molecule has 2 rings (SSSR count). The molecule has 1 amide bonds. The summed E-state index contributed by atoms with van der Waals surface area (Å²) < 4.78 is 31.5. The summed E-state index contributed by atoms with van der Waals surface area (Å²) in [6.45, 7) is 7.47. The maximum atomic E-state index is 12.7. The molecule has 0 radical (unpaired) electrons. The van der Waals surface area contributed by atoms with Crippen LogP contribution in [0.25, 0.3) is 0 Å². The average molecular weight is 419 g/mol. The Bertz CT molecular complexity index is 924. The van der Waals surface area contributed by atoms with Gasteiger partial charge in [0.05, 0.1) is 24.1 Å². The van der Waals surface area contributed by atoms with Gasteiger partial charge in [0.1, 0.15) is 12.3 Å². The smallest absolute Gasteiger partial charge is 0.241 e. The van der Waals surface area contributed by atoms with Crippen LogP contribution in [0.15, 0.2) is 48.5 Å². The maximum absolute atomic E-state index is 12.7. The van der Waals surface area contributed by atoms with E-state index in [1.165, 1.54) is 0 Å². The average Bonchev–Trinajstić information content (AvgIpc) is 2.64. The van der Waals surface area contributed by atoms with Crippen LogP contribution in [-0.2, 0) is 14.8 Å². The third-order valence-corrected chi connectivity index (χ3v) is 5.53. The summed E-state index contributed by atoms with van der Waals surface area (Å²) in [5.74, 6) is 0.190. The van der Waals surface area contributed by atoms with Crippen LogP contribution in [0, 0.1) is 6.92 Å². The molecule has 1 N–H and O–H groups in total. The van der Waals surface area contributed by atoms with Gasteiger partial charge in [0.2, 0.25) is 15.9 Å². The first-order chi connectivity index (χ1) is 13.6. The van der Waals surface area contributed by atoms with E-state index in [2.05, 4.69) is 5.32 Å². The topological polar surface area (TPSA) is 75.7 Å². The zero-order valence-electron chi connectivity index (χ0n) is 17.7. The molecule has 2 aromatic carbocycles. The lowest BCUT2D eigenvalue weighted by Gasteiger charge is -2.24. The highest BCUT2D eigenvalue weighted by atomic mass is 32.2. The molecule has 0 spiro atoms. The molecule has 2 aromatic rings. The van der Waals surface area contributed by atoms with Gasteiger partial charge in [-0.25, -0.2) is 8.42 Å². The van der Waals surface area contributed by atoms with Crippen LogP contribution >= 0.6 is 0 Å². The lowest BCUT2D eigenvalue weighted by molar-refractivity contribution is -0.120. The number of rotatable bonds is 9. The first kappa shape index (κ1) is 22.7. The predicted octanol–water partition coefficient (Wildman–Crippen LogP) is 3.82. The number of anilines is 1. The Balaban J connectivity index is 2.20. The fraction of sp³-hybridized carbons (Fsp3) is 0.409. The van der Waals surface area contributed by atoms with Crippen molar-refractivity contribution in [1.29, 1.82) is 0 Å². The van der Waals surface area contributed by atoms with Crippen molar-refractivity contribution in [3.63, 3.8) is 0 Å². The summed E-state index contributed by atoms with van der Waals surface area (Å²) in [7, 11) is -3.65. The quantitative estimate of drug-likeness (QED) is 0.672. The summed E-state index contributed by atoms with van der Waals surface area (Å²) >= 11 is 0. The van der Waals surface area contributed by atoms with Gasteiger partial charge >= 0.3 is 0 Å². The van der Waals surface area contributed by atoms with Crippen LogP contribution in [0.5, 0.6) is 5.75 Å². The van der Waals surface area contributed by atoms with Gasteiger partial charge in [-0.05, 0) is 44.9 Å². The van der Waals surface area contributed by atoms with Gasteiger partial charge in [0.15, 0.2) is 0 Å². The number of amides is 1. The number of nitrogens with one attached hydrogen (secondary N) is 1. The molecule has 0 heterocycles. The van der Waals surface area contributed by atoms with Crippen molar-refractivity contribution in [1.82, 2.24) is 5.32 Å². The number of carbonyl (C=O) groups is 1. The number of hydrogen-bond donors (Lipinski definition) is 1. The van der Waals surface area contributed by atoms with Crippen molar-refractivity contribution in [3.05, 3.63) is 59.7 Å². The first-order valence-corrected chi connectivity index (χ1v) is 11.5. The molecule has 0 aliphatic heterocycles. The van der Waals surface area contributed by atoms with Crippen molar-refractivity contribution in [2.45, 2.75) is 46.3 Å². The van der Waals surface area contributed by atoms with Crippen molar-refractivity contribution in [2.75, 3.05) is 17.1 Å². The van der Waals surface area contributed by atoms with Crippen molar-refractivity contribution in [2.24, 2.45) is 0 Å². The molecule has 0 bridgehead atoms. The molecule has 1 atom stereocenters. The molecule has 158 valence electrons. The Morgan fingerprint density at radius 2 is 1.79 bits per heavy atom. The second-order valence-electron chi connectivity index (χ2n) is 7.37. The zero-order chi connectivity index (χ0) is 21.6. The van der Waals surface area contributed by atoms with Gasteiger partial charge in [-0.1, -0.05) is 42.8 Å². The van der Waals surface area contributed by atoms with Crippen molar-refractivity contribution in [3.8, 4) is 5.75 Å². The van der Waals surface area contributed by atoms with Gasteiger partial charge in [0.25, 0.3) is 0 Å². The number of benzene rings is 2. The van der Waals surface area contributed by atoms with Crippen molar-refractivity contribution >= 4 is 21.6 Å². The van der Waals surface area contributed by atoms with Crippen LogP contribution in [0.4, 0.5) is 5.69 Å². The summed E-state index contributed by atoms with van der Waals surface area (Å²) in [5, 5.41) is 2.95.